The molecule has 0 heterocycles. The van der Waals surface area contributed by atoms with Crippen LogP contribution in [-0.2, 0) is 11.3 Å². The molecule has 5 heteroatoms. The van der Waals surface area contributed by atoms with Crippen molar-refractivity contribution in [2.45, 2.75) is 26.5 Å². The highest BCUT2D eigenvalue weighted by Crippen LogP contribution is 2.27. The van der Waals surface area contributed by atoms with Crippen LogP contribution in [0, 0.1) is 18.3 Å². The lowest BCUT2D eigenvalue weighted by Crippen LogP contribution is -2.40. The number of carbonyl (C=O) groups excluding carboxylic acids is 1. The Balaban J connectivity index is 2.09. The minimum Gasteiger partial charge on any atom is -0.480 e. The molecule has 0 radical (unpaired) electrons. The summed E-state index contributed by atoms with van der Waals surface area (Å²) in [5.74, 6) is 0.394. The summed E-state index contributed by atoms with van der Waals surface area (Å²) < 4.78 is 6.58. The molecular formula is C19H19BrN2O2. The van der Waals surface area contributed by atoms with E-state index < -0.39 is 6.10 Å². The van der Waals surface area contributed by atoms with Gasteiger partial charge in [-0.2, -0.15) is 5.26 Å². The number of hydrogen-bond acceptors (Lipinski definition) is 3. The second-order valence-corrected chi connectivity index (χ2v) is 6.39. The van der Waals surface area contributed by atoms with Gasteiger partial charge in [-0.15, -0.1) is 0 Å². The molecule has 2 rings (SSSR count). The van der Waals surface area contributed by atoms with Gasteiger partial charge in [0.1, 0.15) is 12.3 Å². The number of aryl methyl sites for hydroxylation is 1. The van der Waals surface area contributed by atoms with Crippen LogP contribution < -0.4 is 4.74 Å². The van der Waals surface area contributed by atoms with Crippen LogP contribution in [0.25, 0.3) is 0 Å². The van der Waals surface area contributed by atoms with Crippen LogP contribution in [0.2, 0.25) is 0 Å². The zero-order valence-corrected chi connectivity index (χ0v) is 15.3. The van der Waals surface area contributed by atoms with Crippen LogP contribution in [0.4, 0.5) is 0 Å². The van der Waals surface area contributed by atoms with Crippen molar-refractivity contribution in [3.8, 4) is 11.8 Å². The molecule has 2 aromatic carbocycles. The number of halogens is 1. The first-order valence-electron chi connectivity index (χ1n) is 7.63. The quantitative estimate of drug-likeness (QED) is 0.702. The minimum atomic E-state index is -0.680. The summed E-state index contributed by atoms with van der Waals surface area (Å²) >= 11 is 3.44. The number of hydrogen-bond donors (Lipinski definition) is 0. The molecule has 0 aliphatic carbocycles. The van der Waals surface area contributed by atoms with Crippen LogP contribution in [-0.4, -0.2) is 23.5 Å². The standard InChI is InChI=1S/C19H19BrN2O2/c1-14-8-9-18(17(20)12-14)24-15(2)19(23)22(11-10-21)13-16-6-4-3-5-7-16/h3-9,12,15H,11,13H2,1-2H3. The van der Waals surface area contributed by atoms with Gasteiger partial charge in [-0.25, -0.2) is 0 Å². The molecule has 2 aromatic rings. The number of nitriles is 1. The molecule has 24 heavy (non-hydrogen) atoms. The van der Waals surface area contributed by atoms with E-state index in [9.17, 15) is 4.79 Å². The van der Waals surface area contributed by atoms with Gasteiger partial charge in [0, 0.05) is 6.54 Å². The van der Waals surface area contributed by atoms with Crippen molar-refractivity contribution in [2.75, 3.05) is 6.54 Å². The molecule has 0 aliphatic rings. The van der Waals surface area contributed by atoms with Gasteiger partial charge in [0.2, 0.25) is 0 Å². The molecule has 124 valence electrons. The second-order valence-electron chi connectivity index (χ2n) is 5.53. The zero-order chi connectivity index (χ0) is 17.5. The topological polar surface area (TPSA) is 53.3 Å². The molecular weight excluding hydrogens is 368 g/mol. The Kier molecular flexibility index (Phi) is 6.39. The first-order valence-corrected chi connectivity index (χ1v) is 8.43. The van der Waals surface area contributed by atoms with Crippen LogP contribution in [0.1, 0.15) is 18.1 Å². The first-order chi connectivity index (χ1) is 11.5. The summed E-state index contributed by atoms with van der Waals surface area (Å²) in [5.41, 5.74) is 2.08. The molecule has 0 aliphatic heterocycles. The SMILES string of the molecule is Cc1ccc(OC(C)C(=O)N(CC#N)Cc2ccccc2)c(Br)c1. The third kappa shape index (κ3) is 4.84. The highest BCUT2D eigenvalue weighted by atomic mass is 79.9. The third-order valence-electron chi connectivity index (χ3n) is 3.53. The Bertz CT molecular complexity index is 741. The molecule has 0 N–H and O–H groups in total. The summed E-state index contributed by atoms with van der Waals surface area (Å²) in [6.07, 6.45) is -0.680. The van der Waals surface area contributed by atoms with Crippen LogP contribution in [0.3, 0.4) is 0 Å². The molecule has 0 bridgehead atoms. The Morgan fingerprint density at radius 2 is 2.00 bits per heavy atom. The van der Waals surface area contributed by atoms with Gasteiger partial charge in [0.15, 0.2) is 6.10 Å². The van der Waals surface area contributed by atoms with Crippen molar-refractivity contribution in [1.82, 2.24) is 4.90 Å². The van der Waals surface area contributed by atoms with Gasteiger partial charge in [0.25, 0.3) is 5.91 Å². The highest BCUT2D eigenvalue weighted by molar-refractivity contribution is 9.10. The van der Waals surface area contributed by atoms with E-state index in [0.29, 0.717) is 12.3 Å². The third-order valence-corrected chi connectivity index (χ3v) is 4.15. The molecule has 4 nitrogen and oxygen atoms in total. The van der Waals surface area contributed by atoms with E-state index in [1.54, 1.807) is 6.92 Å². The van der Waals surface area contributed by atoms with E-state index in [4.69, 9.17) is 10.00 Å². The average molecular weight is 387 g/mol. The molecule has 1 unspecified atom stereocenters. The fourth-order valence-corrected chi connectivity index (χ4v) is 2.89. The summed E-state index contributed by atoms with van der Waals surface area (Å²) in [6, 6.07) is 17.3. The lowest BCUT2D eigenvalue weighted by Gasteiger charge is -2.24. The van der Waals surface area contributed by atoms with E-state index in [-0.39, 0.29) is 12.5 Å². The second kappa shape index (κ2) is 8.51. The van der Waals surface area contributed by atoms with Gasteiger partial charge in [-0.1, -0.05) is 36.4 Å². The molecule has 1 atom stereocenters. The summed E-state index contributed by atoms with van der Waals surface area (Å²) in [4.78, 5) is 14.2. The number of benzene rings is 2. The predicted octanol–water partition coefficient (Wildman–Crippen LogP) is 4.08. The van der Waals surface area contributed by atoms with E-state index >= 15 is 0 Å². The Morgan fingerprint density at radius 3 is 2.62 bits per heavy atom. The summed E-state index contributed by atoms with van der Waals surface area (Å²) in [7, 11) is 0. The van der Waals surface area contributed by atoms with Gasteiger partial charge < -0.3 is 9.64 Å². The molecule has 1 amide bonds. The van der Waals surface area contributed by atoms with Gasteiger partial charge in [-0.05, 0) is 53.0 Å². The van der Waals surface area contributed by atoms with E-state index in [2.05, 4.69) is 15.9 Å². The highest BCUT2D eigenvalue weighted by Gasteiger charge is 2.22. The van der Waals surface area contributed by atoms with Crippen LogP contribution >= 0.6 is 15.9 Å². The smallest absolute Gasteiger partial charge is 0.264 e. The minimum absolute atomic E-state index is 0.0243. The number of amides is 1. The lowest BCUT2D eigenvalue weighted by atomic mass is 10.2. The maximum Gasteiger partial charge on any atom is 0.264 e. The zero-order valence-electron chi connectivity index (χ0n) is 13.7. The number of rotatable bonds is 6. The van der Waals surface area contributed by atoms with Crippen molar-refractivity contribution < 1.29 is 9.53 Å². The normalized spacial score (nSPS) is 11.4. The van der Waals surface area contributed by atoms with Gasteiger partial charge in [-0.3, -0.25) is 4.79 Å². The molecule has 0 saturated heterocycles. The summed E-state index contributed by atoms with van der Waals surface area (Å²) in [5, 5.41) is 9.02. The monoisotopic (exact) mass is 386 g/mol. The van der Waals surface area contributed by atoms with Crippen molar-refractivity contribution in [2.24, 2.45) is 0 Å². The summed E-state index contributed by atoms with van der Waals surface area (Å²) in [6.45, 7) is 4.09. The number of carbonyl (C=O) groups is 1. The van der Waals surface area contributed by atoms with E-state index in [0.717, 1.165) is 15.6 Å². The van der Waals surface area contributed by atoms with E-state index in [1.165, 1.54) is 4.90 Å². The molecule has 0 saturated carbocycles. The van der Waals surface area contributed by atoms with Gasteiger partial charge in [0.05, 0.1) is 10.5 Å². The predicted molar refractivity (Wildman–Crippen MR) is 96.4 cm³/mol. The van der Waals surface area contributed by atoms with Crippen LogP contribution in [0.15, 0.2) is 53.0 Å². The van der Waals surface area contributed by atoms with Crippen LogP contribution in [0.5, 0.6) is 5.75 Å². The Labute approximate surface area is 150 Å². The van der Waals surface area contributed by atoms with Gasteiger partial charge >= 0.3 is 0 Å². The molecule has 0 fully saturated rings. The molecule has 0 spiro atoms. The largest absolute Gasteiger partial charge is 0.480 e. The van der Waals surface area contributed by atoms with Crippen molar-refractivity contribution >= 4 is 21.8 Å². The Morgan fingerprint density at radius 1 is 1.29 bits per heavy atom. The number of nitrogens with zero attached hydrogens (tertiary/aromatic N) is 2. The van der Waals surface area contributed by atoms with Crippen molar-refractivity contribution in [1.29, 1.82) is 5.26 Å². The lowest BCUT2D eigenvalue weighted by molar-refractivity contribution is -0.137. The maximum atomic E-state index is 12.7. The molecule has 0 aromatic heterocycles. The fourth-order valence-electron chi connectivity index (χ4n) is 2.30. The van der Waals surface area contributed by atoms with E-state index in [1.807, 2.05) is 61.5 Å². The van der Waals surface area contributed by atoms with Crippen molar-refractivity contribution in [3.05, 3.63) is 64.1 Å². The van der Waals surface area contributed by atoms with Crippen molar-refractivity contribution in [3.63, 3.8) is 0 Å². The average Bonchev–Trinajstić information content (AvgIpc) is 2.57. The Hall–Kier alpha value is -2.32. The maximum absolute atomic E-state index is 12.7. The fraction of sp³-hybridized carbons (Fsp3) is 0.263. The first kappa shape index (κ1) is 18.0. The number of ether oxygens (including phenoxy) is 1.